The van der Waals surface area contributed by atoms with Gasteiger partial charge in [-0.25, -0.2) is 0 Å². The lowest BCUT2D eigenvalue weighted by Gasteiger charge is -2.40. The second-order valence-corrected chi connectivity index (χ2v) is 7.69. The van der Waals surface area contributed by atoms with Crippen LogP contribution in [0.2, 0.25) is 0 Å². The van der Waals surface area contributed by atoms with Gasteiger partial charge in [0.15, 0.2) is 5.79 Å². The molecule has 1 N–H and O–H groups in total. The second-order valence-electron chi connectivity index (χ2n) is 7.69. The highest BCUT2D eigenvalue weighted by Gasteiger charge is 2.45. The number of ether oxygens (including phenoxy) is 2. The molecule has 6 heteroatoms. The number of aryl methyl sites for hydroxylation is 1. The third-order valence-corrected chi connectivity index (χ3v) is 5.30. The number of hydrogen-bond acceptors (Lipinski definition) is 4. The highest BCUT2D eigenvalue weighted by molar-refractivity contribution is 6.04. The summed E-state index contributed by atoms with van der Waals surface area (Å²) in [6, 6.07) is 7.98. The van der Waals surface area contributed by atoms with Crippen molar-refractivity contribution in [1.29, 1.82) is 0 Å². The molecule has 2 aliphatic heterocycles. The number of hydrogen-bond donors (Lipinski definition) is 1. The predicted molar refractivity (Wildman–Crippen MR) is 97.3 cm³/mol. The number of piperidine rings is 1. The third-order valence-electron chi connectivity index (χ3n) is 5.30. The van der Waals surface area contributed by atoms with Crippen molar-refractivity contribution in [2.45, 2.75) is 45.9 Å². The van der Waals surface area contributed by atoms with Gasteiger partial charge < -0.3 is 19.7 Å². The molecule has 1 aromatic rings. The summed E-state index contributed by atoms with van der Waals surface area (Å²) in [6.07, 6.45) is 1.31. The minimum atomic E-state index is -1.10. The zero-order valence-corrected chi connectivity index (χ0v) is 15.8. The number of carbonyl (C=O) groups excluding carboxylic acids is 2. The fourth-order valence-electron chi connectivity index (χ4n) is 3.44. The van der Waals surface area contributed by atoms with Gasteiger partial charge in [0.05, 0.1) is 13.2 Å². The van der Waals surface area contributed by atoms with E-state index in [1.54, 1.807) is 18.7 Å². The van der Waals surface area contributed by atoms with E-state index in [2.05, 4.69) is 5.32 Å². The predicted octanol–water partition coefficient (Wildman–Crippen LogP) is 2.00. The van der Waals surface area contributed by atoms with Crippen LogP contribution >= 0.6 is 0 Å². The van der Waals surface area contributed by atoms with Crippen LogP contribution in [-0.2, 0) is 25.6 Å². The topological polar surface area (TPSA) is 67.9 Å². The van der Waals surface area contributed by atoms with Crippen LogP contribution in [0.4, 0.5) is 0 Å². The van der Waals surface area contributed by atoms with Crippen LogP contribution in [-0.4, -0.2) is 48.8 Å². The average molecular weight is 360 g/mol. The lowest BCUT2D eigenvalue weighted by atomic mass is 9.88. The highest BCUT2D eigenvalue weighted by Crippen LogP contribution is 2.33. The Morgan fingerprint density at radius 3 is 2.27 bits per heavy atom. The Hall–Kier alpha value is -1.92. The number of carbonyl (C=O) groups is 2. The SMILES string of the molecule is Cc1ccc(CNC(=O)C(C)(C)C(=O)N2CCC3(CC2)OCCO3)cc1. The van der Waals surface area contributed by atoms with Crippen molar-refractivity contribution in [2.24, 2.45) is 5.41 Å². The maximum absolute atomic E-state index is 12.9. The maximum atomic E-state index is 12.9. The molecule has 2 heterocycles. The molecule has 0 aromatic heterocycles. The van der Waals surface area contributed by atoms with Crippen LogP contribution in [0.3, 0.4) is 0 Å². The number of amides is 2. The Bertz CT molecular complexity index is 653. The van der Waals surface area contributed by atoms with Crippen LogP contribution in [0.25, 0.3) is 0 Å². The Labute approximate surface area is 154 Å². The summed E-state index contributed by atoms with van der Waals surface area (Å²) in [5.74, 6) is -0.919. The van der Waals surface area contributed by atoms with Crippen LogP contribution in [0.1, 0.15) is 37.8 Å². The summed E-state index contributed by atoms with van der Waals surface area (Å²) in [5.41, 5.74) is 1.09. The first-order valence-electron chi connectivity index (χ1n) is 9.24. The molecule has 2 amide bonds. The number of nitrogens with zero attached hydrogens (tertiary/aromatic N) is 1. The van der Waals surface area contributed by atoms with Crippen LogP contribution < -0.4 is 5.32 Å². The summed E-state index contributed by atoms with van der Waals surface area (Å²) in [6.45, 7) is 8.14. The van der Waals surface area contributed by atoms with E-state index in [0.717, 1.165) is 5.56 Å². The molecule has 0 bridgehead atoms. The van der Waals surface area contributed by atoms with E-state index >= 15 is 0 Å². The van der Waals surface area contributed by atoms with Crippen molar-refractivity contribution in [3.63, 3.8) is 0 Å². The van der Waals surface area contributed by atoms with Gasteiger partial charge in [-0.2, -0.15) is 0 Å². The van der Waals surface area contributed by atoms with E-state index in [0.29, 0.717) is 45.7 Å². The summed E-state index contributed by atoms with van der Waals surface area (Å²) in [5, 5.41) is 2.89. The Balaban J connectivity index is 1.55. The van der Waals surface area contributed by atoms with E-state index in [4.69, 9.17) is 9.47 Å². The first-order valence-corrected chi connectivity index (χ1v) is 9.24. The molecule has 1 spiro atoms. The molecule has 6 nitrogen and oxygen atoms in total. The fraction of sp³-hybridized carbons (Fsp3) is 0.600. The zero-order chi connectivity index (χ0) is 18.8. The molecule has 26 heavy (non-hydrogen) atoms. The van der Waals surface area contributed by atoms with Crippen LogP contribution in [0.15, 0.2) is 24.3 Å². The van der Waals surface area contributed by atoms with Crippen LogP contribution in [0.5, 0.6) is 0 Å². The minimum Gasteiger partial charge on any atom is -0.351 e. The van der Waals surface area contributed by atoms with Gasteiger partial charge in [0.1, 0.15) is 5.41 Å². The molecule has 0 unspecified atom stereocenters. The van der Waals surface area contributed by atoms with Crippen molar-refractivity contribution >= 4 is 11.8 Å². The molecular weight excluding hydrogens is 332 g/mol. The van der Waals surface area contributed by atoms with Gasteiger partial charge in [0.25, 0.3) is 0 Å². The molecule has 2 aliphatic rings. The monoisotopic (exact) mass is 360 g/mol. The molecule has 0 atom stereocenters. The van der Waals surface area contributed by atoms with Gasteiger partial charge in [-0.05, 0) is 26.3 Å². The van der Waals surface area contributed by atoms with Crippen molar-refractivity contribution in [3.05, 3.63) is 35.4 Å². The zero-order valence-electron chi connectivity index (χ0n) is 15.8. The highest BCUT2D eigenvalue weighted by atomic mass is 16.7. The Morgan fingerprint density at radius 2 is 1.69 bits per heavy atom. The Kier molecular flexibility index (Phi) is 5.34. The fourth-order valence-corrected chi connectivity index (χ4v) is 3.44. The summed E-state index contributed by atoms with van der Waals surface area (Å²) in [7, 11) is 0. The minimum absolute atomic E-state index is 0.147. The molecule has 0 radical (unpaired) electrons. The van der Waals surface area contributed by atoms with Gasteiger partial charge in [-0.15, -0.1) is 0 Å². The number of rotatable bonds is 4. The maximum Gasteiger partial charge on any atom is 0.237 e. The molecule has 1 aromatic carbocycles. The van der Waals surface area contributed by atoms with Gasteiger partial charge in [0, 0.05) is 32.5 Å². The van der Waals surface area contributed by atoms with Crippen molar-refractivity contribution in [1.82, 2.24) is 10.2 Å². The van der Waals surface area contributed by atoms with Gasteiger partial charge in [-0.1, -0.05) is 29.8 Å². The third kappa shape index (κ3) is 3.91. The quantitative estimate of drug-likeness (QED) is 0.834. The van der Waals surface area contributed by atoms with E-state index in [9.17, 15) is 9.59 Å². The molecular formula is C20H28N2O4. The van der Waals surface area contributed by atoms with Gasteiger partial charge in [0.2, 0.25) is 11.8 Å². The van der Waals surface area contributed by atoms with E-state index < -0.39 is 11.2 Å². The number of benzene rings is 1. The average Bonchev–Trinajstić information content (AvgIpc) is 3.09. The van der Waals surface area contributed by atoms with Gasteiger partial charge in [-0.3, -0.25) is 9.59 Å². The van der Waals surface area contributed by atoms with E-state index in [1.807, 2.05) is 31.2 Å². The summed E-state index contributed by atoms with van der Waals surface area (Å²) in [4.78, 5) is 27.3. The van der Waals surface area contributed by atoms with E-state index in [-0.39, 0.29) is 11.8 Å². The largest absolute Gasteiger partial charge is 0.351 e. The molecule has 0 aliphatic carbocycles. The van der Waals surface area contributed by atoms with Crippen molar-refractivity contribution in [2.75, 3.05) is 26.3 Å². The Morgan fingerprint density at radius 1 is 1.12 bits per heavy atom. The molecule has 2 fully saturated rings. The standard InChI is InChI=1S/C20H28N2O4/c1-15-4-6-16(7-5-15)14-21-17(23)19(2,3)18(24)22-10-8-20(9-11-22)25-12-13-26-20/h4-7H,8-14H2,1-3H3,(H,21,23). The molecule has 142 valence electrons. The van der Waals surface area contributed by atoms with E-state index in [1.165, 1.54) is 5.56 Å². The van der Waals surface area contributed by atoms with Crippen LogP contribution in [0, 0.1) is 12.3 Å². The van der Waals surface area contributed by atoms with Crippen molar-refractivity contribution < 1.29 is 19.1 Å². The molecule has 2 saturated heterocycles. The lowest BCUT2D eigenvalue weighted by molar-refractivity contribution is -0.189. The van der Waals surface area contributed by atoms with Gasteiger partial charge >= 0.3 is 0 Å². The molecule has 0 saturated carbocycles. The summed E-state index contributed by atoms with van der Waals surface area (Å²) < 4.78 is 11.4. The summed E-state index contributed by atoms with van der Waals surface area (Å²) >= 11 is 0. The first-order chi connectivity index (χ1) is 12.3. The first kappa shape index (κ1) is 18.9. The molecule has 3 rings (SSSR count). The lowest BCUT2D eigenvalue weighted by Crippen LogP contribution is -2.54. The second kappa shape index (κ2) is 7.37. The number of likely N-dealkylation sites (tertiary alicyclic amines) is 1. The van der Waals surface area contributed by atoms with Crippen molar-refractivity contribution in [3.8, 4) is 0 Å². The smallest absolute Gasteiger partial charge is 0.237 e. The number of nitrogens with one attached hydrogen (secondary N) is 1. The normalized spacial score (nSPS) is 19.6.